The number of nitrogens with one attached hydrogen (secondary N) is 2. The van der Waals surface area contributed by atoms with Crippen LogP contribution in [0, 0.1) is 0 Å². The largest absolute Gasteiger partial charge is 0.444 e. The van der Waals surface area contributed by atoms with E-state index in [9.17, 15) is 4.79 Å². The van der Waals surface area contributed by atoms with Crippen molar-refractivity contribution >= 4 is 22.9 Å². The van der Waals surface area contributed by atoms with Crippen LogP contribution in [0.4, 0.5) is 10.6 Å². The molecule has 4 aromatic heterocycles. The van der Waals surface area contributed by atoms with Crippen molar-refractivity contribution in [2.45, 2.75) is 65.0 Å². The number of pyridine rings is 1. The molecule has 10 nitrogen and oxygen atoms in total. The van der Waals surface area contributed by atoms with Gasteiger partial charge in [-0.2, -0.15) is 5.10 Å². The molecule has 1 aliphatic rings. The molecule has 6 rings (SSSR count). The topological polar surface area (TPSA) is 114 Å². The molecule has 1 aromatic carbocycles. The lowest BCUT2D eigenvalue weighted by Gasteiger charge is -2.43. The number of carbonyl (C=O) groups excluding carboxylic acids is 1. The number of fused-ring (bicyclic) bond motifs is 1. The van der Waals surface area contributed by atoms with Gasteiger partial charge in [0, 0.05) is 31.2 Å². The maximum Gasteiger partial charge on any atom is 0.408 e. The average Bonchev–Trinajstić information content (AvgIpc) is 3.64. The zero-order valence-electron chi connectivity index (χ0n) is 25.4. The monoisotopic (exact) mass is 578 g/mol. The van der Waals surface area contributed by atoms with Gasteiger partial charge in [0.1, 0.15) is 11.4 Å². The molecule has 0 bridgehead atoms. The Morgan fingerprint density at radius 2 is 1.86 bits per heavy atom. The number of benzene rings is 1. The van der Waals surface area contributed by atoms with Gasteiger partial charge in [0.15, 0.2) is 11.5 Å². The number of aromatic amines is 1. The summed E-state index contributed by atoms with van der Waals surface area (Å²) in [6.45, 7) is 11.5. The summed E-state index contributed by atoms with van der Waals surface area (Å²) < 4.78 is 7.74. The summed E-state index contributed by atoms with van der Waals surface area (Å²) >= 11 is 0. The fourth-order valence-corrected chi connectivity index (χ4v) is 5.74. The molecule has 0 saturated heterocycles. The molecular formula is C33H38N8O2. The van der Waals surface area contributed by atoms with Crippen molar-refractivity contribution in [3.63, 3.8) is 0 Å². The van der Waals surface area contributed by atoms with E-state index in [-0.39, 0.29) is 0 Å². The first-order chi connectivity index (χ1) is 20.7. The maximum atomic E-state index is 12.7. The van der Waals surface area contributed by atoms with Crippen LogP contribution in [-0.2, 0) is 10.3 Å². The van der Waals surface area contributed by atoms with E-state index in [1.807, 2.05) is 45.2 Å². The lowest BCUT2D eigenvalue weighted by molar-refractivity contribution is 0.0377. The zero-order chi connectivity index (χ0) is 30.2. The summed E-state index contributed by atoms with van der Waals surface area (Å²) in [6.07, 6.45) is 7.74. The predicted octanol–water partition coefficient (Wildman–Crippen LogP) is 6.62. The first kappa shape index (κ1) is 28.4. The molecule has 1 fully saturated rings. The number of alkyl carbamates (subject to hydrolysis) is 1. The van der Waals surface area contributed by atoms with E-state index >= 15 is 0 Å². The summed E-state index contributed by atoms with van der Waals surface area (Å²) in [5, 5.41) is 11.1. The SMILES string of the molecule is CCN(CC)c1nc(-c2cn[nH]c2)nc2c1cc(-c1ccccn1)n2-c1ccc(C2(NC(=O)OC(C)(C)C)CCC2)cc1. The van der Waals surface area contributed by atoms with Crippen molar-refractivity contribution in [3.8, 4) is 28.5 Å². The molecule has 0 unspecified atom stereocenters. The number of anilines is 1. The Bertz CT molecular complexity index is 1710. The van der Waals surface area contributed by atoms with Crippen molar-refractivity contribution in [1.29, 1.82) is 0 Å². The Labute approximate surface area is 251 Å². The van der Waals surface area contributed by atoms with Crippen molar-refractivity contribution in [1.82, 2.24) is 35.0 Å². The highest BCUT2D eigenvalue weighted by atomic mass is 16.6. The number of amides is 1. The Hall–Kier alpha value is -4.73. The van der Waals surface area contributed by atoms with E-state index in [0.29, 0.717) is 5.82 Å². The van der Waals surface area contributed by atoms with E-state index < -0.39 is 17.2 Å². The maximum absolute atomic E-state index is 12.7. The fraction of sp³-hybridized carbons (Fsp3) is 0.364. The van der Waals surface area contributed by atoms with Crippen LogP contribution in [0.1, 0.15) is 59.4 Å². The minimum atomic E-state index is -0.558. The van der Waals surface area contributed by atoms with Crippen LogP contribution in [0.2, 0.25) is 0 Å². The van der Waals surface area contributed by atoms with E-state index in [2.05, 4.69) is 69.2 Å². The zero-order valence-corrected chi connectivity index (χ0v) is 25.4. The van der Waals surface area contributed by atoms with Gasteiger partial charge in [-0.25, -0.2) is 14.8 Å². The Morgan fingerprint density at radius 1 is 1.09 bits per heavy atom. The van der Waals surface area contributed by atoms with E-state index in [1.54, 1.807) is 12.4 Å². The second kappa shape index (κ2) is 11.2. The van der Waals surface area contributed by atoms with Crippen molar-refractivity contribution in [2.75, 3.05) is 18.0 Å². The Balaban J connectivity index is 1.50. The molecule has 222 valence electrons. The summed E-state index contributed by atoms with van der Waals surface area (Å²) in [7, 11) is 0. The van der Waals surface area contributed by atoms with Gasteiger partial charge in [-0.05, 0) is 89.8 Å². The van der Waals surface area contributed by atoms with Gasteiger partial charge in [-0.1, -0.05) is 18.2 Å². The molecule has 10 heteroatoms. The van der Waals surface area contributed by atoms with Gasteiger partial charge in [0.05, 0.1) is 34.1 Å². The molecule has 1 saturated carbocycles. The Kier molecular flexibility index (Phi) is 7.37. The third-order valence-corrected chi connectivity index (χ3v) is 8.01. The second-order valence-electron chi connectivity index (χ2n) is 12.0. The molecule has 43 heavy (non-hydrogen) atoms. The highest BCUT2D eigenvalue weighted by Crippen LogP contribution is 2.42. The fourth-order valence-electron chi connectivity index (χ4n) is 5.74. The highest BCUT2D eigenvalue weighted by molar-refractivity contribution is 5.95. The quantitative estimate of drug-likeness (QED) is 0.213. The van der Waals surface area contributed by atoms with Crippen molar-refractivity contribution in [3.05, 3.63) is 72.7 Å². The number of ether oxygens (including phenoxy) is 1. The lowest BCUT2D eigenvalue weighted by atomic mass is 9.72. The van der Waals surface area contributed by atoms with Crippen molar-refractivity contribution < 1.29 is 9.53 Å². The number of carbonyl (C=O) groups is 1. The Morgan fingerprint density at radius 3 is 2.44 bits per heavy atom. The lowest BCUT2D eigenvalue weighted by Crippen LogP contribution is -2.52. The standard InChI is InChI=1S/C33H38N8O2/c1-6-40(7-2)29-25-19-27(26-11-8-9-18-34-26)41(30(25)38-28(37-29)22-20-35-36-21-22)24-14-12-23(13-15-24)33(16-10-17-33)39-31(42)43-32(3,4)5/h8-9,11-15,18-21H,6-7,10,16-17H2,1-5H3,(H,35,36)(H,39,42). The van der Waals surface area contributed by atoms with Crippen LogP contribution < -0.4 is 10.2 Å². The minimum absolute atomic E-state index is 0.391. The average molecular weight is 579 g/mol. The van der Waals surface area contributed by atoms with Crippen LogP contribution >= 0.6 is 0 Å². The third kappa shape index (κ3) is 5.45. The number of rotatable bonds is 8. The molecule has 4 heterocycles. The van der Waals surface area contributed by atoms with E-state index in [0.717, 1.165) is 77.4 Å². The summed E-state index contributed by atoms with van der Waals surface area (Å²) in [4.78, 5) is 29.8. The van der Waals surface area contributed by atoms with Gasteiger partial charge in [0.2, 0.25) is 0 Å². The van der Waals surface area contributed by atoms with Crippen LogP contribution in [0.25, 0.3) is 39.5 Å². The summed E-state index contributed by atoms with van der Waals surface area (Å²) in [5.74, 6) is 1.47. The molecular weight excluding hydrogens is 540 g/mol. The third-order valence-electron chi connectivity index (χ3n) is 8.01. The van der Waals surface area contributed by atoms with Gasteiger partial charge >= 0.3 is 6.09 Å². The highest BCUT2D eigenvalue weighted by Gasteiger charge is 2.41. The number of nitrogens with zero attached hydrogens (tertiary/aromatic N) is 6. The molecule has 0 radical (unpaired) electrons. The molecule has 0 atom stereocenters. The molecule has 5 aromatic rings. The van der Waals surface area contributed by atoms with Crippen LogP contribution in [0.3, 0.4) is 0 Å². The normalized spacial score (nSPS) is 14.3. The minimum Gasteiger partial charge on any atom is -0.444 e. The first-order valence-corrected chi connectivity index (χ1v) is 14.9. The summed E-state index contributed by atoms with van der Waals surface area (Å²) in [6, 6.07) is 16.4. The van der Waals surface area contributed by atoms with Gasteiger partial charge in [-0.3, -0.25) is 14.6 Å². The number of aromatic nitrogens is 6. The molecule has 1 amide bonds. The molecule has 0 spiro atoms. The molecule has 1 aliphatic carbocycles. The van der Waals surface area contributed by atoms with Gasteiger partial charge in [-0.15, -0.1) is 0 Å². The molecule has 0 aliphatic heterocycles. The second-order valence-corrected chi connectivity index (χ2v) is 12.0. The van der Waals surface area contributed by atoms with Gasteiger partial charge < -0.3 is 15.0 Å². The summed E-state index contributed by atoms with van der Waals surface area (Å²) in [5.41, 5.74) is 4.36. The van der Waals surface area contributed by atoms with Crippen LogP contribution in [0.15, 0.2) is 67.1 Å². The van der Waals surface area contributed by atoms with Gasteiger partial charge in [0.25, 0.3) is 0 Å². The number of hydrogen-bond donors (Lipinski definition) is 2. The van der Waals surface area contributed by atoms with E-state index in [1.165, 1.54) is 0 Å². The smallest absolute Gasteiger partial charge is 0.408 e. The van der Waals surface area contributed by atoms with Crippen molar-refractivity contribution in [2.24, 2.45) is 0 Å². The number of H-pyrrole nitrogens is 1. The van der Waals surface area contributed by atoms with Crippen LogP contribution in [-0.4, -0.2) is 54.5 Å². The number of hydrogen-bond acceptors (Lipinski definition) is 7. The van der Waals surface area contributed by atoms with E-state index in [4.69, 9.17) is 19.7 Å². The molecule has 2 N–H and O–H groups in total. The predicted molar refractivity (Wildman–Crippen MR) is 168 cm³/mol. The first-order valence-electron chi connectivity index (χ1n) is 14.9. The van der Waals surface area contributed by atoms with Crippen LogP contribution in [0.5, 0.6) is 0 Å².